The number of benzene rings is 1. The minimum Gasteiger partial charge on any atom is -0.444 e. The van der Waals surface area contributed by atoms with Crippen molar-refractivity contribution in [3.63, 3.8) is 0 Å². The summed E-state index contributed by atoms with van der Waals surface area (Å²) >= 11 is 0. The van der Waals surface area contributed by atoms with Crippen LogP contribution in [0.4, 0.5) is 9.18 Å². The fourth-order valence-corrected chi connectivity index (χ4v) is 4.07. The number of ether oxygens (including phenoxy) is 2. The van der Waals surface area contributed by atoms with E-state index in [-0.39, 0.29) is 19.6 Å². The Morgan fingerprint density at radius 2 is 2.08 bits per heavy atom. The summed E-state index contributed by atoms with van der Waals surface area (Å²) in [5.74, 6) is -1.01. The molecule has 194 valence electrons. The van der Waals surface area contributed by atoms with Crippen LogP contribution in [0.1, 0.15) is 32.8 Å². The van der Waals surface area contributed by atoms with E-state index in [1.54, 1.807) is 39.1 Å². The van der Waals surface area contributed by atoms with Gasteiger partial charge in [-0.2, -0.15) is 5.26 Å². The molecule has 3 aromatic rings. The number of pyridine rings is 1. The molecule has 0 spiro atoms. The van der Waals surface area contributed by atoms with Gasteiger partial charge in [0, 0.05) is 38.2 Å². The molecule has 3 heterocycles. The summed E-state index contributed by atoms with van der Waals surface area (Å²) in [7, 11) is 0. The number of aromatic nitrogens is 2. The second kappa shape index (κ2) is 11.0. The Kier molecular flexibility index (Phi) is 7.74. The molecule has 1 N–H and O–H groups in total. The Morgan fingerprint density at radius 3 is 2.81 bits per heavy atom. The summed E-state index contributed by atoms with van der Waals surface area (Å²) in [6.07, 6.45) is 4.41. The van der Waals surface area contributed by atoms with Crippen molar-refractivity contribution in [2.24, 2.45) is 0 Å². The minimum atomic E-state index is -0.975. The standard InChI is InChI=1S/C27H30FN5O4/c1-27(2,3)37-26(35)33-10-4-12-36-23(17-33)25(34)31-21(15-29)13-19-6-5-18(14-22(19)28)20-7-8-24-30-9-11-32(24)16-20/h5-9,11,14,16,21,23H,4,10,12-13,17H2,1-3H3,(H,31,34)/t21-,23-/m0/s1. The smallest absolute Gasteiger partial charge is 0.410 e. The van der Waals surface area contributed by atoms with E-state index in [4.69, 9.17) is 9.47 Å². The molecule has 1 saturated heterocycles. The van der Waals surface area contributed by atoms with Crippen LogP contribution in [0.15, 0.2) is 48.9 Å². The number of hydrogen-bond donors (Lipinski definition) is 1. The lowest BCUT2D eigenvalue weighted by Crippen LogP contribution is -2.48. The summed E-state index contributed by atoms with van der Waals surface area (Å²) in [4.78, 5) is 31.0. The van der Waals surface area contributed by atoms with Crippen molar-refractivity contribution in [3.8, 4) is 17.2 Å². The minimum absolute atomic E-state index is 0.00319. The van der Waals surface area contributed by atoms with Crippen molar-refractivity contribution < 1.29 is 23.5 Å². The summed E-state index contributed by atoms with van der Waals surface area (Å²) in [5.41, 5.74) is 1.93. The van der Waals surface area contributed by atoms with Crippen molar-refractivity contribution in [1.29, 1.82) is 5.26 Å². The van der Waals surface area contributed by atoms with Crippen molar-refractivity contribution >= 4 is 17.6 Å². The van der Waals surface area contributed by atoms with E-state index >= 15 is 0 Å². The average molecular weight is 508 g/mol. The molecule has 0 bridgehead atoms. The number of imidazole rings is 1. The number of nitrogens with one attached hydrogen (secondary N) is 1. The van der Waals surface area contributed by atoms with Crippen LogP contribution in [0, 0.1) is 17.1 Å². The molecule has 37 heavy (non-hydrogen) atoms. The van der Waals surface area contributed by atoms with Crippen LogP contribution in [-0.4, -0.2) is 63.7 Å². The van der Waals surface area contributed by atoms with Crippen molar-refractivity contribution in [2.75, 3.05) is 19.7 Å². The topological polar surface area (TPSA) is 109 Å². The van der Waals surface area contributed by atoms with Gasteiger partial charge in [-0.15, -0.1) is 0 Å². The van der Waals surface area contributed by atoms with Crippen molar-refractivity contribution in [2.45, 2.75) is 51.4 Å². The molecule has 9 nitrogen and oxygen atoms in total. The van der Waals surface area contributed by atoms with Gasteiger partial charge in [0.05, 0.1) is 12.6 Å². The fourth-order valence-electron chi connectivity index (χ4n) is 4.07. The van der Waals surface area contributed by atoms with Gasteiger partial charge in [0.15, 0.2) is 6.10 Å². The summed E-state index contributed by atoms with van der Waals surface area (Å²) in [6, 6.07) is 9.57. The molecule has 1 aliphatic heterocycles. The van der Waals surface area contributed by atoms with Crippen molar-refractivity contribution in [3.05, 3.63) is 60.3 Å². The Hall–Kier alpha value is -3.97. The highest BCUT2D eigenvalue weighted by atomic mass is 19.1. The largest absolute Gasteiger partial charge is 0.444 e. The highest BCUT2D eigenvalue weighted by Crippen LogP contribution is 2.23. The van der Waals surface area contributed by atoms with E-state index in [2.05, 4.69) is 10.3 Å². The van der Waals surface area contributed by atoms with Crippen LogP contribution >= 0.6 is 0 Å². The number of hydrogen-bond acceptors (Lipinski definition) is 6. The summed E-state index contributed by atoms with van der Waals surface area (Å²) in [5, 5.41) is 12.3. The number of halogens is 1. The molecule has 2 atom stereocenters. The van der Waals surface area contributed by atoms with Gasteiger partial charge in [-0.05, 0) is 62.1 Å². The van der Waals surface area contributed by atoms with E-state index in [1.165, 1.54) is 11.0 Å². The van der Waals surface area contributed by atoms with Gasteiger partial charge in [0.25, 0.3) is 5.91 Å². The lowest BCUT2D eigenvalue weighted by atomic mass is 10.0. The molecule has 1 aliphatic rings. The van der Waals surface area contributed by atoms with Crippen LogP contribution in [-0.2, 0) is 20.7 Å². The Morgan fingerprint density at radius 1 is 1.30 bits per heavy atom. The van der Waals surface area contributed by atoms with Gasteiger partial charge in [-0.3, -0.25) is 4.79 Å². The lowest BCUT2D eigenvalue weighted by Gasteiger charge is -2.27. The Bertz CT molecular complexity index is 1330. The third-order valence-electron chi connectivity index (χ3n) is 5.89. The Labute approximate surface area is 214 Å². The average Bonchev–Trinajstić information content (AvgIpc) is 3.17. The van der Waals surface area contributed by atoms with Crippen LogP contribution in [0.2, 0.25) is 0 Å². The van der Waals surface area contributed by atoms with Gasteiger partial charge in [0.2, 0.25) is 0 Å². The predicted octanol–water partition coefficient (Wildman–Crippen LogP) is 3.72. The molecule has 0 saturated carbocycles. The molecule has 2 aromatic heterocycles. The van der Waals surface area contributed by atoms with Crippen LogP contribution in [0.5, 0.6) is 0 Å². The van der Waals surface area contributed by atoms with Gasteiger partial charge in [-0.25, -0.2) is 14.2 Å². The number of carbonyl (C=O) groups is 2. The number of amides is 2. The third-order valence-corrected chi connectivity index (χ3v) is 5.89. The highest BCUT2D eigenvalue weighted by Gasteiger charge is 2.31. The molecule has 4 rings (SSSR count). The Balaban J connectivity index is 1.40. The zero-order valence-electron chi connectivity index (χ0n) is 21.1. The number of carbonyl (C=O) groups excluding carboxylic acids is 2. The number of rotatable bonds is 5. The number of fused-ring (bicyclic) bond motifs is 1. The van der Waals surface area contributed by atoms with E-state index in [0.29, 0.717) is 24.1 Å². The maximum Gasteiger partial charge on any atom is 0.410 e. The SMILES string of the molecule is CC(C)(C)OC(=O)N1CCCO[C@H](C(=O)N[C@H](C#N)Cc2ccc(-c3ccc4nccn4c3)cc2F)C1. The second-order valence-electron chi connectivity index (χ2n) is 9.95. The van der Waals surface area contributed by atoms with Crippen molar-refractivity contribution in [1.82, 2.24) is 19.6 Å². The summed E-state index contributed by atoms with van der Waals surface area (Å²) in [6.45, 7) is 5.99. The molecule has 10 heteroatoms. The molecular weight excluding hydrogens is 477 g/mol. The number of nitriles is 1. The fraction of sp³-hybridized carbons (Fsp3) is 0.407. The van der Waals surface area contributed by atoms with Crippen LogP contribution in [0.25, 0.3) is 16.8 Å². The van der Waals surface area contributed by atoms with Gasteiger partial charge in [0.1, 0.15) is 23.1 Å². The van der Waals surface area contributed by atoms with Gasteiger partial charge >= 0.3 is 6.09 Å². The normalized spacial score (nSPS) is 17.1. The maximum absolute atomic E-state index is 15.0. The molecule has 1 aromatic carbocycles. The molecule has 0 unspecified atom stereocenters. The van der Waals surface area contributed by atoms with E-state index < -0.39 is 35.6 Å². The van der Waals surface area contributed by atoms with E-state index in [0.717, 1.165) is 11.2 Å². The first-order valence-electron chi connectivity index (χ1n) is 12.1. The first-order chi connectivity index (χ1) is 17.6. The zero-order valence-corrected chi connectivity index (χ0v) is 21.1. The quantitative estimate of drug-likeness (QED) is 0.564. The highest BCUT2D eigenvalue weighted by molar-refractivity contribution is 5.82. The molecule has 0 radical (unpaired) electrons. The lowest BCUT2D eigenvalue weighted by molar-refractivity contribution is -0.133. The molecule has 2 amide bonds. The number of nitrogens with zero attached hydrogens (tertiary/aromatic N) is 4. The van der Waals surface area contributed by atoms with E-state index in [1.807, 2.05) is 35.0 Å². The predicted molar refractivity (Wildman–Crippen MR) is 134 cm³/mol. The van der Waals surface area contributed by atoms with E-state index in [9.17, 15) is 19.2 Å². The first kappa shape index (κ1) is 26.1. The first-order valence-corrected chi connectivity index (χ1v) is 12.1. The van der Waals surface area contributed by atoms with Crippen LogP contribution in [0.3, 0.4) is 0 Å². The molecule has 1 fully saturated rings. The van der Waals surface area contributed by atoms with Gasteiger partial charge < -0.3 is 24.1 Å². The van der Waals surface area contributed by atoms with Gasteiger partial charge in [-0.1, -0.05) is 12.1 Å². The second-order valence-corrected chi connectivity index (χ2v) is 9.95. The molecule has 0 aliphatic carbocycles. The molecular formula is C27H30FN5O4. The third kappa shape index (κ3) is 6.62. The zero-order chi connectivity index (χ0) is 26.6. The monoisotopic (exact) mass is 507 g/mol. The maximum atomic E-state index is 15.0. The van der Waals surface area contributed by atoms with Crippen LogP contribution < -0.4 is 5.32 Å². The summed E-state index contributed by atoms with van der Waals surface area (Å²) < 4.78 is 27.9.